The molecule has 0 amide bonds. The van der Waals surface area contributed by atoms with Crippen LogP contribution in [0.3, 0.4) is 0 Å². The Hall–Kier alpha value is -2.05. The van der Waals surface area contributed by atoms with E-state index >= 15 is 0 Å². The highest BCUT2D eigenvalue weighted by Crippen LogP contribution is 2.58. The lowest BCUT2D eigenvalue weighted by Gasteiger charge is -2.58. The first kappa shape index (κ1) is 20.8. The molecule has 1 unspecified atom stereocenters. The molecule has 5 rings (SSSR count). The second kappa shape index (κ2) is 8.14. The normalized spacial score (nSPS) is 26.5. The summed E-state index contributed by atoms with van der Waals surface area (Å²) in [6, 6.07) is 8.93. The molecule has 0 bridgehead atoms. The van der Waals surface area contributed by atoms with Crippen molar-refractivity contribution in [1.82, 2.24) is 24.8 Å². The summed E-state index contributed by atoms with van der Waals surface area (Å²) in [5.41, 5.74) is 3.03. The van der Waals surface area contributed by atoms with Gasteiger partial charge in [0.1, 0.15) is 0 Å². The largest absolute Gasteiger partial charge is 0.340 e. The Bertz CT molecular complexity index is 894. The third kappa shape index (κ3) is 3.85. The number of likely N-dealkylation sites (tertiary alicyclic amines) is 2. The van der Waals surface area contributed by atoms with Crippen molar-refractivity contribution in [2.24, 2.45) is 10.8 Å². The summed E-state index contributed by atoms with van der Waals surface area (Å²) in [6.07, 6.45) is 7.59. The number of anilines is 1. The molecular formula is C25H36N6. The summed E-state index contributed by atoms with van der Waals surface area (Å²) in [7, 11) is 0. The fourth-order valence-corrected chi connectivity index (χ4v) is 6.26. The minimum absolute atomic E-state index is 0.354. The van der Waals surface area contributed by atoms with Crippen molar-refractivity contribution >= 4 is 5.95 Å². The van der Waals surface area contributed by atoms with Gasteiger partial charge < -0.3 is 4.90 Å². The first-order chi connectivity index (χ1) is 15.0. The third-order valence-electron chi connectivity index (χ3n) is 8.06. The van der Waals surface area contributed by atoms with E-state index in [1.165, 1.54) is 44.6 Å². The minimum atomic E-state index is 0.354. The standard InChI is InChI=1S/C25H36N6/c1-20(2)30-17-25(18-30)19-31(23-26-11-6-12-27-23)16-24(25)9-5-13-29(14-10-24)15-22-8-4-7-21(3)28-22/h4,6-8,11-12,20H,5,9-10,13-19H2,1-3H3. The first-order valence-corrected chi connectivity index (χ1v) is 11.9. The van der Waals surface area contributed by atoms with E-state index in [9.17, 15) is 0 Å². The van der Waals surface area contributed by atoms with E-state index in [0.717, 1.165) is 37.8 Å². The molecule has 6 heteroatoms. The summed E-state index contributed by atoms with van der Waals surface area (Å²) in [4.78, 5) is 21.7. The van der Waals surface area contributed by atoms with E-state index in [4.69, 9.17) is 4.98 Å². The van der Waals surface area contributed by atoms with Crippen molar-refractivity contribution in [2.45, 2.75) is 52.6 Å². The molecule has 2 aromatic heterocycles. The molecule has 0 radical (unpaired) electrons. The van der Waals surface area contributed by atoms with Crippen LogP contribution in [0.15, 0.2) is 36.7 Å². The Balaban J connectivity index is 1.35. The third-order valence-corrected chi connectivity index (χ3v) is 8.06. The van der Waals surface area contributed by atoms with E-state index in [-0.39, 0.29) is 0 Å². The number of aromatic nitrogens is 3. The Morgan fingerprint density at radius 1 is 0.935 bits per heavy atom. The predicted octanol–water partition coefficient (Wildman–Crippen LogP) is 3.38. The highest BCUT2D eigenvalue weighted by atomic mass is 15.3. The number of pyridine rings is 1. The fraction of sp³-hybridized carbons (Fsp3) is 0.640. The number of rotatable bonds is 4. The molecule has 2 aromatic rings. The topological polar surface area (TPSA) is 48.4 Å². The van der Waals surface area contributed by atoms with Gasteiger partial charge in [-0.2, -0.15) is 0 Å². The zero-order chi connectivity index (χ0) is 21.5. The number of aryl methyl sites for hydroxylation is 1. The molecule has 3 fully saturated rings. The lowest BCUT2D eigenvalue weighted by molar-refractivity contribution is -0.0901. The van der Waals surface area contributed by atoms with Crippen molar-refractivity contribution in [1.29, 1.82) is 0 Å². The van der Waals surface area contributed by atoms with Crippen LogP contribution in [-0.4, -0.2) is 70.1 Å². The summed E-state index contributed by atoms with van der Waals surface area (Å²) >= 11 is 0. The van der Waals surface area contributed by atoms with Crippen LogP contribution in [0.25, 0.3) is 0 Å². The molecule has 0 aromatic carbocycles. The van der Waals surface area contributed by atoms with Gasteiger partial charge in [-0.25, -0.2) is 9.97 Å². The van der Waals surface area contributed by atoms with Crippen molar-refractivity contribution in [3.63, 3.8) is 0 Å². The summed E-state index contributed by atoms with van der Waals surface area (Å²) < 4.78 is 0. The van der Waals surface area contributed by atoms with Gasteiger partial charge >= 0.3 is 0 Å². The van der Waals surface area contributed by atoms with Crippen LogP contribution in [0, 0.1) is 17.8 Å². The number of hydrogen-bond donors (Lipinski definition) is 0. The van der Waals surface area contributed by atoms with Gasteiger partial charge in [-0.15, -0.1) is 0 Å². The van der Waals surface area contributed by atoms with Crippen LogP contribution in [-0.2, 0) is 6.54 Å². The van der Waals surface area contributed by atoms with Gasteiger partial charge in [-0.05, 0) is 76.7 Å². The summed E-state index contributed by atoms with van der Waals surface area (Å²) in [5.74, 6) is 0.909. The van der Waals surface area contributed by atoms with Crippen LogP contribution in [0.4, 0.5) is 5.95 Å². The van der Waals surface area contributed by atoms with Crippen molar-refractivity contribution in [3.8, 4) is 0 Å². The number of hydrogen-bond acceptors (Lipinski definition) is 6. The zero-order valence-electron chi connectivity index (χ0n) is 19.3. The average molecular weight is 421 g/mol. The predicted molar refractivity (Wildman–Crippen MR) is 124 cm³/mol. The highest BCUT2D eigenvalue weighted by Gasteiger charge is 2.63. The van der Waals surface area contributed by atoms with Crippen LogP contribution in [0.2, 0.25) is 0 Å². The summed E-state index contributed by atoms with van der Waals surface area (Å²) in [5, 5.41) is 0. The van der Waals surface area contributed by atoms with Crippen LogP contribution < -0.4 is 4.90 Å². The Kier molecular flexibility index (Phi) is 5.47. The van der Waals surface area contributed by atoms with Gasteiger partial charge in [0.25, 0.3) is 0 Å². The summed E-state index contributed by atoms with van der Waals surface area (Å²) in [6.45, 7) is 14.7. The number of fused-ring (bicyclic) bond motifs is 1. The molecule has 3 aliphatic heterocycles. The molecular weight excluding hydrogens is 384 g/mol. The highest BCUT2D eigenvalue weighted by molar-refractivity contribution is 5.37. The van der Waals surface area contributed by atoms with Gasteiger partial charge in [-0.1, -0.05) is 6.07 Å². The molecule has 31 heavy (non-hydrogen) atoms. The second-order valence-corrected chi connectivity index (χ2v) is 10.4. The van der Waals surface area contributed by atoms with E-state index in [2.05, 4.69) is 63.6 Å². The van der Waals surface area contributed by atoms with Crippen LogP contribution in [0.1, 0.15) is 44.5 Å². The van der Waals surface area contributed by atoms with Gasteiger partial charge in [0.15, 0.2) is 0 Å². The molecule has 3 aliphatic rings. The maximum absolute atomic E-state index is 4.75. The van der Waals surface area contributed by atoms with E-state index in [1.54, 1.807) is 0 Å². The van der Waals surface area contributed by atoms with Crippen LogP contribution >= 0.6 is 0 Å². The van der Waals surface area contributed by atoms with Crippen LogP contribution in [0.5, 0.6) is 0 Å². The SMILES string of the molecule is Cc1cccc(CN2CCCC3(CC2)CN(c2ncccn2)CC32CN(C(C)C)C2)n1. The second-order valence-electron chi connectivity index (χ2n) is 10.4. The van der Waals surface area contributed by atoms with E-state index in [1.807, 2.05) is 18.5 Å². The molecule has 3 saturated heterocycles. The molecule has 5 heterocycles. The molecule has 0 aliphatic carbocycles. The van der Waals surface area contributed by atoms with E-state index in [0.29, 0.717) is 16.9 Å². The van der Waals surface area contributed by atoms with Gasteiger partial charge in [-0.3, -0.25) is 14.8 Å². The quantitative estimate of drug-likeness (QED) is 0.756. The molecule has 1 atom stereocenters. The van der Waals surface area contributed by atoms with Gasteiger partial charge in [0.2, 0.25) is 5.95 Å². The monoisotopic (exact) mass is 420 g/mol. The minimum Gasteiger partial charge on any atom is -0.340 e. The van der Waals surface area contributed by atoms with E-state index < -0.39 is 0 Å². The van der Waals surface area contributed by atoms with Crippen molar-refractivity contribution in [2.75, 3.05) is 44.2 Å². The fourth-order valence-electron chi connectivity index (χ4n) is 6.26. The molecule has 0 saturated carbocycles. The molecule has 166 valence electrons. The first-order valence-electron chi connectivity index (χ1n) is 11.9. The smallest absolute Gasteiger partial charge is 0.225 e. The average Bonchev–Trinajstić information content (AvgIpc) is 2.93. The molecule has 0 N–H and O–H groups in total. The van der Waals surface area contributed by atoms with Gasteiger partial charge in [0, 0.05) is 62.3 Å². The van der Waals surface area contributed by atoms with Crippen molar-refractivity contribution in [3.05, 3.63) is 48.0 Å². The van der Waals surface area contributed by atoms with Crippen molar-refractivity contribution < 1.29 is 0 Å². The molecule has 6 nitrogen and oxygen atoms in total. The lowest BCUT2D eigenvalue weighted by Crippen LogP contribution is -2.65. The lowest BCUT2D eigenvalue weighted by atomic mass is 9.57. The maximum Gasteiger partial charge on any atom is 0.225 e. The Morgan fingerprint density at radius 2 is 1.71 bits per heavy atom. The number of nitrogens with zero attached hydrogens (tertiary/aromatic N) is 6. The maximum atomic E-state index is 4.75. The molecule has 2 spiro atoms. The van der Waals surface area contributed by atoms with Gasteiger partial charge in [0.05, 0.1) is 5.69 Å². The zero-order valence-corrected chi connectivity index (χ0v) is 19.3. The Labute approximate surface area is 186 Å². The Morgan fingerprint density at radius 3 is 2.45 bits per heavy atom.